The Morgan fingerprint density at radius 1 is 1.42 bits per heavy atom. The van der Waals surface area contributed by atoms with Crippen LogP contribution in [0.3, 0.4) is 0 Å². The molecule has 98 valence electrons. The number of allylic oxidation sites excluding steroid dienone is 4. The molecular weight excluding hydrogens is 283 g/mol. The number of fused-ring (bicyclic) bond motifs is 2. The molecule has 3 rings (SSSR count). The van der Waals surface area contributed by atoms with Crippen LogP contribution >= 0.6 is 11.8 Å². The molecule has 0 spiro atoms. The van der Waals surface area contributed by atoms with Crippen LogP contribution in [0.1, 0.15) is 10.4 Å². The van der Waals surface area contributed by atoms with Gasteiger partial charge in [-0.25, -0.2) is 4.39 Å². The minimum atomic E-state index is -1.87. The second kappa shape index (κ2) is 4.74. The first kappa shape index (κ1) is 12.8. The summed E-state index contributed by atoms with van der Waals surface area (Å²) in [5.41, 5.74) is 0.502. The van der Waals surface area contributed by atoms with Gasteiger partial charge in [-0.1, -0.05) is 6.08 Å². The van der Waals surface area contributed by atoms with Gasteiger partial charge in [-0.2, -0.15) is 0 Å². The van der Waals surface area contributed by atoms with Crippen LogP contribution in [0.5, 0.6) is 0 Å². The quantitative estimate of drug-likeness (QED) is 0.346. The second-order valence-corrected chi connectivity index (χ2v) is 6.80. The fraction of sp³-hybridized carbons (Fsp3) is 0.143. The van der Waals surface area contributed by atoms with Crippen LogP contribution in [0.25, 0.3) is 0 Å². The smallest absolute Gasteiger partial charge is 0.183 e. The zero-order chi connectivity index (χ0) is 13.6. The van der Waals surface area contributed by atoms with E-state index in [9.17, 15) is 13.7 Å². The molecule has 1 aliphatic carbocycles. The molecule has 1 aliphatic heterocycles. The first-order chi connectivity index (χ1) is 9.11. The lowest BCUT2D eigenvalue weighted by molar-refractivity contribution is 0.0968. The molecule has 0 radical (unpaired) electrons. The fourth-order valence-electron chi connectivity index (χ4n) is 2.30. The number of carbonyl (C=O) groups excluding carboxylic acids is 1. The molecule has 0 N–H and O–H groups in total. The SMILES string of the molecule is CSc1ccc2c(c1)C(=O)C1C=CC(F)=CC1=[SH+]2[O-]. The Hall–Kier alpha value is -1.17. The van der Waals surface area contributed by atoms with E-state index in [1.807, 2.05) is 12.3 Å². The Labute approximate surface area is 117 Å². The molecule has 5 heteroatoms. The van der Waals surface area contributed by atoms with Crippen molar-refractivity contribution < 1.29 is 13.7 Å². The molecule has 0 saturated heterocycles. The average Bonchev–Trinajstić information content (AvgIpc) is 2.44. The van der Waals surface area contributed by atoms with Crippen molar-refractivity contribution in [2.24, 2.45) is 5.92 Å². The number of hydrogen-bond donors (Lipinski definition) is 0. The highest BCUT2D eigenvalue weighted by Crippen LogP contribution is 2.32. The molecule has 1 aromatic carbocycles. The zero-order valence-corrected chi connectivity index (χ0v) is 11.8. The largest absolute Gasteiger partial charge is 0.646 e. The lowest BCUT2D eigenvalue weighted by atomic mass is 9.91. The van der Waals surface area contributed by atoms with Crippen molar-refractivity contribution in [3.05, 3.63) is 47.8 Å². The maximum atomic E-state index is 13.3. The van der Waals surface area contributed by atoms with Crippen molar-refractivity contribution in [2.45, 2.75) is 9.79 Å². The third-order valence-corrected chi connectivity index (χ3v) is 5.69. The minimum absolute atomic E-state index is 0.101. The molecule has 0 amide bonds. The molecule has 2 aliphatic rings. The van der Waals surface area contributed by atoms with Crippen molar-refractivity contribution in [2.75, 3.05) is 6.26 Å². The normalized spacial score (nSPS) is 24.9. The number of hydrogen-bond acceptors (Lipinski definition) is 3. The maximum Gasteiger partial charge on any atom is 0.183 e. The summed E-state index contributed by atoms with van der Waals surface area (Å²) in [5.74, 6) is -1.13. The van der Waals surface area contributed by atoms with Gasteiger partial charge in [0.15, 0.2) is 5.78 Å². The van der Waals surface area contributed by atoms with Gasteiger partial charge in [0.25, 0.3) is 0 Å². The molecule has 1 aromatic rings. The molecule has 0 fully saturated rings. The third kappa shape index (κ3) is 2.02. The molecule has 0 saturated carbocycles. The molecular formula is C14H11FO2S2. The van der Waals surface area contributed by atoms with E-state index in [0.29, 0.717) is 15.3 Å². The van der Waals surface area contributed by atoms with Crippen LogP contribution in [0.2, 0.25) is 0 Å². The zero-order valence-electron chi connectivity index (χ0n) is 10.1. The van der Waals surface area contributed by atoms with E-state index in [1.165, 1.54) is 30.0 Å². The van der Waals surface area contributed by atoms with Gasteiger partial charge in [-0.15, -0.1) is 22.5 Å². The van der Waals surface area contributed by atoms with Crippen molar-refractivity contribution in [3.63, 3.8) is 0 Å². The van der Waals surface area contributed by atoms with E-state index in [0.717, 1.165) is 4.90 Å². The van der Waals surface area contributed by atoms with Crippen molar-refractivity contribution in [1.29, 1.82) is 0 Å². The van der Waals surface area contributed by atoms with Gasteiger partial charge in [-0.3, -0.25) is 4.79 Å². The van der Waals surface area contributed by atoms with Crippen LogP contribution in [0.4, 0.5) is 4.39 Å². The summed E-state index contributed by atoms with van der Waals surface area (Å²) in [6.45, 7) is 0. The van der Waals surface area contributed by atoms with E-state index in [4.69, 9.17) is 0 Å². The fourth-order valence-corrected chi connectivity index (χ4v) is 4.31. The number of carbonyl (C=O) groups is 1. The van der Waals surface area contributed by atoms with Crippen LogP contribution in [-0.4, -0.2) is 21.5 Å². The summed E-state index contributed by atoms with van der Waals surface area (Å²) in [7, 11) is -1.87. The Morgan fingerprint density at radius 2 is 2.21 bits per heavy atom. The van der Waals surface area contributed by atoms with E-state index in [-0.39, 0.29) is 5.78 Å². The van der Waals surface area contributed by atoms with Crippen molar-refractivity contribution >= 4 is 33.2 Å². The number of benzene rings is 1. The van der Waals surface area contributed by atoms with Gasteiger partial charge in [-0.05, 0) is 30.5 Å². The number of thioether (sulfide) groups is 1. The Bertz CT molecular complexity index is 674. The standard InChI is InChI=1S/C14H11FO2S2/c1-18-9-3-5-12-11(7-9)14(16)10-4-2-8(15)6-13(10)19(12)17/h2-7,10,19H,1H3. The lowest BCUT2D eigenvalue weighted by Crippen LogP contribution is -2.31. The summed E-state index contributed by atoms with van der Waals surface area (Å²) in [4.78, 5) is 14.3. The Balaban J connectivity index is 2.24. The van der Waals surface area contributed by atoms with E-state index in [1.54, 1.807) is 12.1 Å². The molecule has 2 atom stereocenters. The first-order valence-corrected chi connectivity index (χ1v) is 8.22. The molecule has 2 unspecified atom stereocenters. The van der Waals surface area contributed by atoms with Crippen LogP contribution in [-0.2, 0) is 10.8 Å². The van der Waals surface area contributed by atoms with Crippen LogP contribution in [0.15, 0.2) is 52.0 Å². The first-order valence-electron chi connectivity index (χ1n) is 5.73. The molecule has 1 heterocycles. The predicted octanol–water partition coefficient (Wildman–Crippen LogP) is 2.66. The number of halogens is 1. The summed E-state index contributed by atoms with van der Waals surface area (Å²) in [5, 5.41) is 0. The third-order valence-electron chi connectivity index (χ3n) is 3.26. The van der Waals surface area contributed by atoms with Gasteiger partial charge < -0.3 is 4.55 Å². The number of thiol groups is 1. The Morgan fingerprint density at radius 3 is 2.95 bits per heavy atom. The minimum Gasteiger partial charge on any atom is -0.646 e. The summed E-state index contributed by atoms with van der Waals surface area (Å²) < 4.78 is 25.7. The average molecular weight is 294 g/mol. The number of ketones is 1. The van der Waals surface area contributed by atoms with Gasteiger partial charge in [0.2, 0.25) is 0 Å². The van der Waals surface area contributed by atoms with Crippen LogP contribution in [0, 0.1) is 5.92 Å². The molecule has 0 bridgehead atoms. The predicted molar refractivity (Wildman–Crippen MR) is 77.2 cm³/mol. The number of Topliss-reactive ketones (excluding diaryl/α,β-unsaturated/α-hetero) is 1. The van der Waals surface area contributed by atoms with Gasteiger partial charge >= 0.3 is 0 Å². The monoisotopic (exact) mass is 294 g/mol. The van der Waals surface area contributed by atoms with Gasteiger partial charge in [0.1, 0.15) is 21.5 Å². The van der Waals surface area contributed by atoms with Crippen molar-refractivity contribution in [3.8, 4) is 0 Å². The lowest BCUT2D eigenvalue weighted by Gasteiger charge is -2.25. The second-order valence-electron chi connectivity index (χ2n) is 4.33. The molecule has 19 heavy (non-hydrogen) atoms. The number of rotatable bonds is 1. The van der Waals surface area contributed by atoms with E-state index < -0.39 is 22.5 Å². The van der Waals surface area contributed by atoms with E-state index >= 15 is 0 Å². The van der Waals surface area contributed by atoms with Crippen molar-refractivity contribution in [1.82, 2.24) is 0 Å². The summed E-state index contributed by atoms with van der Waals surface area (Å²) in [6.07, 6.45) is 5.91. The summed E-state index contributed by atoms with van der Waals surface area (Å²) in [6, 6.07) is 5.32. The molecule has 2 nitrogen and oxygen atoms in total. The van der Waals surface area contributed by atoms with Crippen LogP contribution < -0.4 is 0 Å². The highest BCUT2D eigenvalue weighted by atomic mass is 32.2. The van der Waals surface area contributed by atoms with E-state index in [2.05, 4.69) is 0 Å². The summed E-state index contributed by atoms with van der Waals surface area (Å²) >= 11 is 1.53. The highest BCUT2D eigenvalue weighted by molar-refractivity contribution is 7.98. The van der Waals surface area contributed by atoms with Gasteiger partial charge in [0.05, 0.1) is 5.56 Å². The maximum absolute atomic E-state index is 13.3. The molecule has 0 aromatic heterocycles. The van der Waals surface area contributed by atoms with Gasteiger partial charge in [0, 0.05) is 11.0 Å². The topological polar surface area (TPSA) is 40.1 Å². The Kier molecular flexibility index (Phi) is 3.20. The highest BCUT2D eigenvalue weighted by Gasteiger charge is 2.35.